The Labute approximate surface area is 136 Å². The summed E-state index contributed by atoms with van der Waals surface area (Å²) < 4.78 is 7.27. The molecule has 6 nitrogen and oxygen atoms in total. The number of rotatable bonds is 5. The van der Waals surface area contributed by atoms with Crippen LogP contribution in [0.3, 0.4) is 0 Å². The van der Waals surface area contributed by atoms with Gasteiger partial charge in [0.15, 0.2) is 0 Å². The van der Waals surface area contributed by atoms with E-state index in [-0.39, 0.29) is 11.9 Å². The number of nitrogens with one attached hydrogen (secondary N) is 1. The summed E-state index contributed by atoms with van der Waals surface area (Å²) in [7, 11) is 3.35. The van der Waals surface area contributed by atoms with Gasteiger partial charge in [0, 0.05) is 32.9 Å². The number of nitrogens with zero attached hydrogens (tertiary/aromatic N) is 3. The van der Waals surface area contributed by atoms with Crippen molar-refractivity contribution in [3.05, 3.63) is 47.8 Å². The quantitative estimate of drug-likeness (QED) is 0.910. The monoisotopic (exact) mass is 314 g/mol. The van der Waals surface area contributed by atoms with Gasteiger partial charge in [0.05, 0.1) is 25.3 Å². The van der Waals surface area contributed by atoms with Crippen LogP contribution in [-0.2, 0) is 17.9 Å². The number of carbonyl (C=O) groups is 1. The molecule has 1 aliphatic heterocycles. The molecule has 2 aromatic rings. The molecule has 1 aliphatic rings. The molecule has 122 valence electrons. The fourth-order valence-corrected chi connectivity index (χ4v) is 3.08. The Balaban J connectivity index is 1.75. The van der Waals surface area contributed by atoms with E-state index in [4.69, 9.17) is 4.74 Å². The summed E-state index contributed by atoms with van der Waals surface area (Å²) in [5, 5.41) is 7.08. The zero-order valence-corrected chi connectivity index (χ0v) is 13.5. The minimum absolute atomic E-state index is 0.0414. The minimum atomic E-state index is 0.0414. The van der Waals surface area contributed by atoms with E-state index in [0.717, 1.165) is 31.1 Å². The number of fused-ring (bicyclic) bond motifs is 1. The largest absolute Gasteiger partial charge is 0.497 e. The Bertz CT molecular complexity index is 683. The van der Waals surface area contributed by atoms with Crippen LogP contribution in [0.1, 0.15) is 23.7 Å². The van der Waals surface area contributed by atoms with Crippen molar-refractivity contribution in [3.63, 3.8) is 0 Å². The maximum Gasteiger partial charge on any atom is 0.221 e. The van der Waals surface area contributed by atoms with Crippen molar-refractivity contribution in [3.8, 4) is 5.75 Å². The Hall–Kier alpha value is -2.34. The van der Waals surface area contributed by atoms with Crippen LogP contribution in [0.4, 0.5) is 0 Å². The highest BCUT2D eigenvalue weighted by molar-refractivity contribution is 5.76. The third-order valence-corrected chi connectivity index (χ3v) is 4.19. The first-order chi connectivity index (χ1) is 11.2. The second-order valence-corrected chi connectivity index (χ2v) is 5.82. The molecule has 0 saturated carbocycles. The van der Waals surface area contributed by atoms with Crippen molar-refractivity contribution in [2.24, 2.45) is 0 Å². The normalized spacial score (nSPS) is 17.6. The summed E-state index contributed by atoms with van der Waals surface area (Å²) in [6.45, 7) is 2.47. The van der Waals surface area contributed by atoms with Crippen LogP contribution in [-0.4, -0.2) is 41.3 Å². The summed E-state index contributed by atoms with van der Waals surface area (Å²) in [4.78, 5) is 14.1. The zero-order chi connectivity index (χ0) is 16.2. The predicted octanol–water partition coefficient (Wildman–Crippen LogP) is 1.58. The third kappa shape index (κ3) is 3.53. The van der Waals surface area contributed by atoms with Crippen LogP contribution in [0.2, 0.25) is 0 Å². The average molecular weight is 314 g/mol. The van der Waals surface area contributed by atoms with E-state index < -0.39 is 0 Å². The lowest BCUT2D eigenvalue weighted by Gasteiger charge is -2.33. The van der Waals surface area contributed by atoms with E-state index in [1.165, 1.54) is 5.56 Å². The number of benzene rings is 1. The lowest BCUT2D eigenvalue weighted by atomic mass is 10.1. The van der Waals surface area contributed by atoms with Crippen LogP contribution < -0.4 is 10.1 Å². The second-order valence-electron chi connectivity index (χ2n) is 5.82. The molecule has 1 aromatic carbocycles. The Morgan fingerprint density at radius 1 is 1.43 bits per heavy atom. The molecule has 0 bridgehead atoms. The maximum absolute atomic E-state index is 11.8. The highest BCUT2D eigenvalue weighted by atomic mass is 16.5. The fourth-order valence-electron chi connectivity index (χ4n) is 3.08. The van der Waals surface area contributed by atoms with Crippen LogP contribution >= 0.6 is 0 Å². The van der Waals surface area contributed by atoms with Crippen LogP contribution in [0.5, 0.6) is 5.75 Å². The summed E-state index contributed by atoms with van der Waals surface area (Å²) in [6.07, 6.45) is 2.25. The predicted molar refractivity (Wildman–Crippen MR) is 87.1 cm³/mol. The standard InChI is InChI=1S/C17H22N4O2/c1-18-17(22)9-15-12-20(11-14-6-7-19-21(14)15)10-13-4-3-5-16(8-13)23-2/h3-8,15H,9-12H2,1-2H3,(H,18,22). The van der Waals surface area contributed by atoms with Gasteiger partial charge in [0.2, 0.25) is 5.91 Å². The van der Waals surface area contributed by atoms with E-state index in [0.29, 0.717) is 6.42 Å². The van der Waals surface area contributed by atoms with Crippen LogP contribution in [0.25, 0.3) is 0 Å². The van der Waals surface area contributed by atoms with Gasteiger partial charge in [-0.25, -0.2) is 0 Å². The van der Waals surface area contributed by atoms with Gasteiger partial charge in [-0.05, 0) is 23.8 Å². The summed E-state index contributed by atoms with van der Waals surface area (Å²) >= 11 is 0. The minimum Gasteiger partial charge on any atom is -0.497 e. The number of hydrogen-bond donors (Lipinski definition) is 1. The molecule has 0 saturated heterocycles. The van der Waals surface area contributed by atoms with Gasteiger partial charge in [-0.3, -0.25) is 14.4 Å². The van der Waals surface area contributed by atoms with Gasteiger partial charge in [-0.2, -0.15) is 5.10 Å². The van der Waals surface area contributed by atoms with Gasteiger partial charge in [-0.1, -0.05) is 12.1 Å². The summed E-state index contributed by atoms with van der Waals surface area (Å²) in [6, 6.07) is 10.2. The maximum atomic E-state index is 11.8. The number of hydrogen-bond acceptors (Lipinski definition) is 4. The molecule has 1 amide bonds. The fraction of sp³-hybridized carbons (Fsp3) is 0.412. The molecule has 23 heavy (non-hydrogen) atoms. The molecule has 0 aliphatic carbocycles. The van der Waals surface area contributed by atoms with Crippen molar-refractivity contribution in [1.82, 2.24) is 20.0 Å². The Morgan fingerprint density at radius 2 is 2.30 bits per heavy atom. The molecule has 3 rings (SSSR count). The van der Waals surface area contributed by atoms with E-state index in [2.05, 4.69) is 27.4 Å². The number of aromatic nitrogens is 2. The van der Waals surface area contributed by atoms with Crippen LogP contribution in [0, 0.1) is 0 Å². The number of carbonyl (C=O) groups excluding carboxylic acids is 1. The van der Waals surface area contributed by atoms with Gasteiger partial charge >= 0.3 is 0 Å². The molecule has 1 N–H and O–H groups in total. The van der Waals surface area contributed by atoms with E-state index in [9.17, 15) is 4.79 Å². The molecule has 0 radical (unpaired) electrons. The van der Waals surface area contributed by atoms with Crippen molar-refractivity contribution in [2.45, 2.75) is 25.6 Å². The molecule has 6 heteroatoms. The SMILES string of the molecule is CNC(=O)CC1CN(Cc2cccc(OC)c2)Cc2ccnn21. The smallest absolute Gasteiger partial charge is 0.221 e. The molecular formula is C17H22N4O2. The van der Waals surface area contributed by atoms with Crippen LogP contribution in [0.15, 0.2) is 36.5 Å². The molecule has 1 unspecified atom stereocenters. The van der Waals surface area contributed by atoms with Crippen molar-refractivity contribution < 1.29 is 9.53 Å². The first-order valence-corrected chi connectivity index (χ1v) is 7.78. The highest BCUT2D eigenvalue weighted by Gasteiger charge is 2.27. The Morgan fingerprint density at radius 3 is 3.09 bits per heavy atom. The number of methoxy groups -OCH3 is 1. The number of ether oxygens (including phenoxy) is 1. The van der Waals surface area contributed by atoms with Gasteiger partial charge < -0.3 is 10.1 Å². The molecular weight excluding hydrogens is 292 g/mol. The molecule has 1 aromatic heterocycles. The molecule has 0 spiro atoms. The van der Waals surface area contributed by atoms with Gasteiger partial charge in [0.1, 0.15) is 5.75 Å². The molecule has 2 heterocycles. The lowest BCUT2D eigenvalue weighted by molar-refractivity contribution is -0.121. The van der Waals surface area contributed by atoms with E-state index >= 15 is 0 Å². The van der Waals surface area contributed by atoms with Gasteiger partial charge in [-0.15, -0.1) is 0 Å². The van der Waals surface area contributed by atoms with Crippen molar-refractivity contribution >= 4 is 5.91 Å². The van der Waals surface area contributed by atoms with Gasteiger partial charge in [0.25, 0.3) is 0 Å². The highest BCUT2D eigenvalue weighted by Crippen LogP contribution is 2.25. The Kier molecular flexibility index (Phi) is 4.62. The van der Waals surface area contributed by atoms with E-state index in [1.54, 1.807) is 20.4 Å². The zero-order valence-electron chi connectivity index (χ0n) is 13.5. The van der Waals surface area contributed by atoms with Crippen molar-refractivity contribution in [1.29, 1.82) is 0 Å². The second kappa shape index (κ2) is 6.83. The topological polar surface area (TPSA) is 59.4 Å². The molecule has 0 fully saturated rings. The number of amides is 1. The molecule has 1 atom stereocenters. The lowest BCUT2D eigenvalue weighted by Crippen LogP contribution is -2.39. The summed E-state index contributed by atoms with van der Waals surface area (Å²) in [5.41, 5.74) is 2.35. The van der Waals surface area contributed by atoms with Crippen molar-refractivity contribution in [2.75, 3.05) is 20.7 Å². The van der Waals surface area contributed by atoms with E-state index in [1.807, 2.05) is 22.9 Å². The summed E-state index contributed by atoms with van der Waals surface area (Å²) in [5.74, 6) is 0.908. The first kappa shape index (κ1) is 15.6. The third-order valence-electron chi connectivity index (χ3n) is 4.19. The first-order valence-electron chi connectivity index (χ1n) is 7.78. The average Bonchev–Trinajstić information content (AvgIpc) is 3.03.